The minimum atomic E-state index is 0.175. The monoisotopic (exact) mass is 254 g/mol. The molecule has 1 aliphatic heterocycles. The smallest absolute Gasteiger partial charge is 0.231 e. The van der Waals surface area contributed by atoms with Gasteiger partial charge in [-0.15, -0.1) is 12.3 Å². The summed E-state index contributed by atoms with van der Waals surface area (Å²) < 4.78 is 10.8. The van der Waals surface area contributed by atoms with Crippen LogP contribution in [0.5, 0.6) is 11.5 Å². The lowest BCUT2D eigenvalue weighted by Gasteiger charge is -2.13. The molecular formula is C15H14N2O2. The van der Waals surface area contributed by atoms with E-state index in [-0.39, 0.29) is 12.8 Å². The van der Waals surface area contributed by atoms with Crippen molar-refractivity contribution in [2.75, 3.05) is 12.1 Å². The number of fused-ring (bicyclic) bond motifs is 2. The van der Waals surface area contributed by atoms with E-state index < -0.39 is 0 Å². The molecule has 2 aromatic rings. The molecule has 1 aromatic carbocycles. The van der Waals surface area contributed by atoms with Gasteiger partial charge in [0.15, 0.2) is 11.5 Å². The number of benzene rings is 1. The van der Waals surface area contributed by atoms with E-state index in [1.165, 1.54) is 0 Å². The fraction of sp³-hybridized carbons (Fsp3) is 0.267. The van der Waals surface area contributed by atoms with Gasteiger partial charge in [-0.1, -0.05) is 0 Å². The summed E-state index contributed by atoms with van der Waals surface area (Å²) >= 11 is 0. The van der Waals surface area contributed by atoms with Crippen LogP contribution in [0.1, 0.15) is 13.3 Å². The Balaban J connectivity index is 2.03. The van der Waals surface area contributed by atoms with Gasteiger partial charge in [-0.3, -0.25) is 0 Å². The fourth-order valence-electron chi connectivity index (χ4n) is 2.14. The molecule has 0 bridgehead atoms. The number of hydrogen-bond acceptors (Lipinski definition) is 4. The Hall–Kier alpha value is -2.41. The third kappa shape index (κ3) is 2.15. The van der Waals surface area contributed by atoms with E-state index in [4.69, 9.17) is 15.9 Å². The highest BCUT2D eigenvalue weighted by molar-refractivity contribution is 5.94. The van der Waals surface area contributed by atoms with Crippen molar-refractivity contribution in [1.82, 2.24) is 4.98 Å². The number of ether oxygens (including phenoxy) is 2. The average Bonchev–Trinajstić information content (AvgIpc) is 2.84. The van der Waals surface area contributed by atoms with Crippen molar-refractivity contribution in [1.29, 1.82) is 0 Å². The van der Waals surface area contributed by atoms with Gasteiger partial charge in [-0.2, -0.15) is 0 Å². The van der Waals surface area contributed by atoms with Crippen LogP contribution in [-0.4, -0.2) is 17.8 Å². The number of nitrogens with zero attached hydrogens (tertiary/aromatic N) is 1. The lowest BCUT2D eigenvalue weighted by molar-refractivity contribution is 0.174. The van der Waals surface area contributed by atoms with Gasteiger partial charge in [0.05, 0.1) is 0 Å². The van der Waals surface area contributed by atoms with Crippen LogP contribution in [-0.2, 0) is 0 Å². The van der Waals surface area contributed by atoms with Crippen LogP contribution in [0.3, 0.4) is 0 Å². The molecule has 19 heavy (non-hydrogen) atoms. The summed E-state index contributed by atoms with van der Waals surface area (Å²) in [5, 5.41) is 5.40. The predicted molar refractivity (Wildman–Crippen MR) is 74.4 cm³/mol. The van der Waals surface area contributed by atoms with Crippen molar-refractivity contribution < 1.29 is 9.47 Å². The molecule has 1 N–H and O–H groups in total. The zero-order valence-electron chi connectivity index (χ0n) is 10.6. The molecule has 0 saturated heterocycles. The topological polar surface area (TPSA) is 43.4 Å². The molecular weight excluding hydrogens is 240 g/mol. The first kappa shape index (κ1) is 11.7. The van der Waals surface area contributed by atoms with E-state index in [0.717, 1.165) is 28.1 Å². The quantitative estimate of drug-likeness (QED) is 0.855. The largest absolute Gasteiger partial charge is 0.454 e. The second-order valence-corrected chi connectivity index (χ2v) is 4.54. The number of aromatic nitrogens is 1. The van der Waals surface area contributed by atoms with E-state index in [0.29, 0.717) is 6.42 Å². The first-order valence-electron chi connectivity index (χ1n) is 6.16. The standard InChI is InChI=1S/C15H14N2O2/c1-3-4-10(2)17-15-12-8-14-13(18-9-19-14)7-11(12)5-6-16-15/h1,5-8,10H,4,9H2,2H3,(H,16,17). The van der Waals surface area contributed by atoms with Crippen molar-refractivity contribution in [2.45, 2.75) is 19.4 Å². The van der Waals surface area contributed by atoms with Gasteiger partial charge < -0.3 is 14.8 Å². The predicted octanol–water partition coefficient (Wildman–Crippen LogP) is 2.79. The Morgan fingerprint density at radius 2 is 2.21 bits per heavy atom. The normalized spacial score (nSPS) is 14.1. The minimum Gasteiger partial charge on any atom is -0.454 e. The summed E-state index contributed by atoms with van der Waals surface area (Å²) in [5.41, 5.74) is 0. The summed E-state index contributed by atoms with van der Waals surface area (Å²) in [6.07, 6.45) is 7.75. The number of anilines is 1. The second-order valence-electron chi connectivity index (χ2n) is 4.54. The molecule has 1 atom stereocenters. The average molecular weight is 254 g/mol. The third-order valence-corrected chi connectivity index (χ3v) is 3.06. The summed E-state index contributed by atoms with van der Waals surface area (Å²) in [4.78, 5) is 4.38. The SMILES string of the molecule is C#CCC(C)Nc1nccc2cc3c(cc12)OCO3. The maximum absolute atomic E-state index is 5.40. The Morgan fingerprint density at radius 3 is 3.00 bits per heavy atom. The second kappa shape index (κ2) is 4.69. The Morgan fingerprint density at radius 1 is 1.42 bits per heavy atom. The molecule has 0 spiro atoms. The van der Waals surface area contributed by atoms with Crippen LogP contribution in [0.15, 0.2) is 24.4 Å². The maximum Gasteiger partial charge on any atom is 0.231 e. The van der Waals surface area contributed by atoms with E-state index in [1.807, 2.05) is 25.1 Å². The zero-order valence-corrected chi connectivity index (χ0v) is 10.6. The van der Waals surface area contributed by atoms with E-state index >= 15 is 0 Å². The lowest BCUT2D eigenvalue weighted by atomic mass is 10.1. The van der Waals surface area contributed by atoms with Crippen molar-refractivity contribution >= 4 is 16.6 Å². The molecule has 1 aliphatic rings. The molecule has 0 saturated carbocycles. The Labute approximate surface area is 111 Å². The molecule has 96 valence electrons. The number of nitrogens with one attached hydrogen (secondary N) is 1. The summed E-state index contributed by atoms with van der Waals surface area (Å²) in [5.74, 6) is 5.00. The van der Waals surface area contributed by atoms with Gasteiger partial charge in [0.2, 0.25) is 6.79 Å². The van der Waals surface area contributed by atoms with E-state index in [2.05, 4.69) is 16.2 Å². The summed E-state index contributed by atoms with van der Waals surface area (Å²) in [6, 6.07) is 6.05. The molecule has 0 aliphatic carbocycles. The first-order chi connectivity index (χ1) is 9.28. The highest BCUT2D eigenvalue weighted by Crippen LogP contribution is 2.37. The molecule has 1 aromatic heterocycles. The van der Waals surface area contributed by atoms with Gasteiger partial charge in [0.25, 0.3) is 0 Å². The van der Waals surface area contributed by atoms with Gasteiger partial charge in [-0.05, 0) is 30.5 Å². The van der Waals surface area contributed by atoms with Gasteiger partial charge in [-0.25, -0.2) is 4.98 Å². The van der Waals surface area contributed by atoms with Gasteiger partial charge in [0.1, 0.15) is 5.82 Å². The molecule has 0 radical (unpaired) electrons. The third-order valence-electron chi connectivity index (χ3n) is 3.06. The van der Waals surface area contributed by atoms with E-state index in [1.54, 1.807) is 6.20 Å². The molecule has 1 unspecified atom stereocenters. The first-order valence-corrected chi connectivity index (χ1v) is 6.16. The highest BCUT2D eigenvalue weighted by Gasteiger charge is 2.16. The molecule has 4 heteroatoms. The van der Waals surface area contributed by atoms with E-state index in [9.17, 15) is 0 Å². The number of hydrogen-bond donors (Lipinski definition) is 1. The molecule has 4 nitrogen and oxygen atoms in total. The maximum atomic E-state index is 5.40. The van der Waals surface area contributed by atoms with Crippen LogP contribution < -0.4 is 14.8 Å². The van der Waals surface area contributed by atoms with Crippen LogP contribution in [0, 0.1) is 12.3 Å². The summed E-state index contributed by atoms with van der Waals surface area (Å²) in [6.45, 7) is 2.31. The lowest BCUT2D eigenvalue weighted by Crippen LogP contribution is -2.15. The van der Waals surface area contributed by atoms with Crippen LogP contribution in [0.25, 0.3) is 10.8 Å². The Kier molecular flexibility index (Phi) is 2.88. The van der Waals surface area contributed by atoms with Crippen LogP contribution in [0.4, 0.5) is 5.82 Å². The van der Waals surface area contributed by atoms with Gasteiger partial charge in [0, 0.05) is 24.0 Å². The highest BCUT2D eigenvalue weighted by atomic mass is 16.7. The van der Waals surface area contributed by atoms with Crippen molar-refractivity contribution in [3.8, 4) is 23.8 Å². The number of rotatable bonds is 3. The number of pyridine rings is 1. The van der Waals surface area contributed by atoms with Crippen molar-refractivity contribution in [2.24, 2.45) is 0 Å². The fourth-order valence-corrected chi connectivity index (χ4v) is 2.14. The van der Waals surface area contributed by atoms with Crippen molar-refractivity contribution in [3.63, 3.8) is 0 Å². The molecule has 3 rings (SSSR count). The molecule has 2 heterocycles. The number of terminal acetylenes is 1. The van der Waals surface area contributed by atoms with Crippen LogP contribution in [0.2, 0.25) is 0 Å². The van der Waals surface area contributed by atoms with Crippen LogP contribution >= 0.6 is 0 Å². The molecule has 0 fully saturated rings. The van der Waals surface area contributed by atoms with Gasteiger partial charge >= 0.3 is 0 Å². The Bertz CT molecular complexity index is 661. The summed E-state index contributed by atoms with van der Waals surface area (Å²) in [7, 11) is 0. The minimum absolute atomic E-state index is 0.175. The molecule has 0 amide bonds. The van der Waals surface area contributed by atoms with Crippen molar-refractivity contribution in [3.05, 3.63) is 24.4 Å². The zero-order chi connectivity index (χ0) is 13.2.